The minimum Gasteiger partial charge on any atom is -0.339 e. The van der Waals surface area contributed by atoms with Crippen molar-refractivity contribution in [2.45, 2.75) is 12.8 Å². The summed E-state index contributed by atoms with van der Waals surface area (Å²) in [5.41, 5.74) is 5.67. The second kappa shape index (κ2) is 6.19. The number of carbonyl (C=O) groups excluding carboxylic acids is 1. The Bertz CT molecular complexity index is 528. The van der Waals surface area contributed by atoms with E-state index in [1.165, 1.54) is 18.2 Å². The van der Waals surface area contributed by atoms with Gasteiger partial charge in [0.25, 0.3) is 11.6 Å². The van der Waals surface area contributed by atoms with E-state index in [0.29, 0.717) is 25.6 Å². The highest BCUT2D eigenvalue weighted by atomic mass is 35.5. The molecule has 1 heterocycles. The highest BCUT2D eigenvalue weighted by Crippen LogP contribution is 2.25. The molecule has 1 amide bonds. The Morgan fingerprint density at radius 2 is 2.10 bits per heavy atom. The summed E-state index contributed by atoms with van der Waals surface area (Å²) in [5, 5.41) is 11.0. The van der Waals surface area contributed by atoms with E-state index in [0.717, 1.165) is 12.8 Å². The lowest BCUT2D eigenvalue weighted by Crippen LogP contribution is -2.40. The topological polar surface area (TPSA) is 89.5 Å². The molecule has 1 aromatic carbocycles. The Morgan fingerprint density at radius 1 is 1.45 bits per heavy atom. The molecule has 0 saturated carbocycles. The molecule has 1 aromatic rings. The molecule has 0 radical (unpaired) electrons. The molecule has 0 spiro atoms. The van der Waals surface area contributed by atoms with Gasteiger partial charge in [0.15, 0.2) is 0 Å². The molecule has 0 bridgehead atoms. The number of amides is 1. The second-order valence-electron chi connectivity index (χ2n) is 4.89. The third kappa shape index (κ3) is 3.08. The largest absolute Gasteiger partial charge is 0.339 e. The summed E-state index contributed by atoms with van der Waals surface area (Å²) in [6.45, 7) is 1.85. The minimum absolute atomic E-state index is 0.130. The van der Waals surface area contributed by atoms with Crippen molar-refractivity contribution >= 4 is 23.2 Å². The van der Waals surface area contributed by atoms with Crippen LogP contribution < -0.4 is 5.73 Å². The van der Waals surface area contributed by atoms with Crippen LogP contribution in [-0.4, -0.2) is 35.4 Å². The third-order valence-corrected chi connectivity index (χ3v) is 3.96. The number of halogens is 1. The van der Waals surface area contributed by atoms with E-state index >= 15 is 0 Å². The third-order valence-electron chi connectivity index (χ3n) is 3.63. The molecule has 6 nitrogen and oxygen atoms in total. The number of carbonyl (C=O) groups is 1. The SMILES string of the molecule is NCC1CCN(C(=O)c2cc([N+](=O)[O-])ccc2Cl)CC1. The zero-order valence-corrected chi connectivity index (χ0v) is 11.7. The van der Waals surface area contributed by atoms with Crippen molar-refractivity contribution in [3.63, 3.8) is 0 Å². The van der Waals surface area contributed by atoms with Crippen molar-refractivity contribution in [2.24, 2.45) is 11.7 Å². The van der Waals surface area contributed by atoms with Gasteiger partial charge in [-0.2, -0.15) is 0 Å². The van der Waals surface area contributed by atoms with Gasteiger partial charge in [0.1, 0.15) is 0 Å². The molecule has 0 aliphatic carbocycles. The van der Waals surface area contributed by atoms with Crippen LogP contribution >= 0.6 is 11.6 Å². The van der Waals surface area contributed by atoms with E-state index in [2.05, 4.69) is 0 Å². The average Bonchev–Trinajstić information content (AvgIpc) is 2.47. The number of rotatable bonds is 3. The first kappa shape index (κ1) is 14.7. The molecular formula is C13H16ClN3O3. The van der Waals surface area contributed by atoms with Crippen molar-refractivity contribution in [3.8, 4) is 0 Å². The predicted molar refractivity (Wildman–Crippen MR) is 75.8 cm³/mol. The van der Waals surface area contributed by atoms with E-state index in [4.69, 9.17) is 17.3 Å². The zero-order valence-electron chi connectivity index (χ0n) is 10.9. The monoisotopic (exact) mass is 297 g/mol. The summed E-state index contributed by atoms with van der Waals surface area (Å²) in [6.07, 6.45) is 1.71. The zero-order chi connectivity index (χ0) is 14.7. The molecule has 1 fully saturated rings. The lowest BCUT2D eigenvalue weighted by atomic mass is 9.96. The number of nitro benzene ring substituents is 1. The van der Waals surface area contributed by atoms with Gasteiger partial charge in [0.05, 0.1) is 15.5 Å². The smallest absolute Gasteiger partial charge is 0.270 e. The average molecular weight is 298 g/mol. The lowest BCUT2D eigenvalue weighted by Gasteiger charge is -2.31. The van der Waals surface area contributed by atoms with Crippen LogP contribution in [0.3, 0.4) is 0 Å². The Hall–Kier alpha value is -1.66. The van der Waals surface area contributed by atoms with Gasteiger partial charge >= 0.3 is 0 Å². The number of nitrogens with zero attached hydrogens (tertiary/aromatic N) is 2. The van der Waals surface area contributed by atoms with Gasteiger partial charge in [-0.15, -0.1) is 0 Å². The summed E-state index contributed by atoms with van der Waals surface area (Å²) in [7, 11) is 0. The van der Waals surface area contributed by atoms with Crippen LogP contribution in [0.1, 0.15) is 23.2 Å². The molecule has 7 heteroatoms. The molecule has 0 aromatic heterocycles. The number of hydrogen-bond acceptors (Lipinski definition) is 4. The quantitative estimate of drug-likeness (QED) is 0.683. The molecular weight excluding hydrogens is 282 g/mol. The fourth-order valence-corrected chi connectivity index (χ4v) is 2.53. The van der Waals surface area contributed by atoms with Crippen molar-refractivity contribution in [2.75, 3.05) is 19.6 Å². The fraction of sp³-hybridized carbons (Fsp3) is 0.462. The maximum Gasteiger partial charge on any atom is 0.270 e. The van der Waals surface area contributed by atoms with Crippen molar-refractivity contribution in [1.29, 1.82) is 0 Å². The van der Waals surface area contributed by atoms with E-state index in [1.54, 1.807) is 4.90 Å². The van der Waals surface area contributed by atoms with Crippen LogP contribution in [0.4, 0.5) is 5.69 Å². The standard InChI is InChI=1S/C13H16ClN3O3/c14-12-2-1-10(17(19)20)7-11(12)13(18)16-5-3-9(8-15)4-6-16/h1-2,7,9H,3-6,8,15H2. The van der Waals surface area contributed by atoms with Gasteiger partial charge in [-0.3, -0.25) is 14.9 Å². The molecule has 0 atom stereocenters. The molecule has 20 heavy (non-hydrogen) atoms. The normalized spacial score (nSPS) is 16.2. The first-order chi connectivity index (χ1) is 9.52. The van der Waals surface area contributed by atoms with Gasteiger partial charge in [0, 0.05) is 25.2 Å². The number of nitrogens with two attached hydrogens (primary N) is 1. The molecule has 0 unspecified atom stereocenters. The minimum atomic E-state index is -0.534. The van der Waals surface area contributed by atoms with Gasteiger partial charge in [-0.25, -0.2) is 0 Å². The first-order valence-electron chi connectivity index (χ1n) is 6.46. The van der Waals surface area contributed by atoms with Crippen LogP contribution in [0.25, 0.3) is 0 Å². The van der Waals surface area contributed by atoms with Crippen molar-refractivity contribution in [3.05, 3.63) is 38.9 Å². The molecule has 2 rings (SSSR count). The van der Waals surface area contributed by atoms with Crippen LogP contribution in [0, 0.1) is 16.0 Å². The van der Waals surface area contributed by atoms with E-state index < -0.39 is 4.92 Å². The van der Waals surface area contributed by atoms with Crippen LogP contribution in [0.5, 0.6) is 0 Å². The van der Waals surface area contributed by atoms with Crippen LogP contribution in [-0.2, 0) is 0 Å². The van der Waals surface area contributed by atoms with E-state index in [1.807, 2.05) is 0 Å². The number of nitro groups is 1. The number of non-ortho nitro benzene ring substituents is 1. The molecule has 2 N–H and O–H groups in total. The Labute approximate surface area is 121 Å². The lowest BCUT2D eigenvalue weighted by molar-refractivity contribution is -0.384. The van der Waals surface area contributed by atoms with Crippen LogP contribution in [0.15, 0.2) is 18.2 Å². The molecule has 1 saturated heterocycles. The maximum atomic E-state index is 12.4. The Morgan fingerprint density at radius 3 is 2.65 bits per heavy atom. The number of likely N-dealkylation sites (tertiary alicyclic amines) is 1. The van der Waals surface area contributed by atoms with Crippen molar-refractivity contribution < 1.29 is 9.72 Å². The number of benzene rings is 1. The maximum absolute atomic E-state index is 12.4. The Kier molecular flexibility index (Phi) is 4.57. The Balaban J connectivity index is 2.17. The second-order valence-corrected chi connectivity index (χ2v) is 5.30. The van der Waals surface area contributed by atoms with Gasteiger partial charge in [0.2, 0.25) is 0 Å². The molecule has 1 aliphatic rings. The number of hydrogen-bond donors (Lipinski definition) is 1. The number of piperidine rings is 1. The summed E-state index contributed by atoms with van der Waals surface area (Å²) in [5.74, 6) is 0.189. The summed E-state index contributed by atoms with van der Waals surface area (Å²) in [6, 6.07) is 3.92. The van der Waals surface area contributed by atoms with Crippen molar-refractivity contribution in [1.82, 2.24) is 4.90 Å². The summed E-state index contributed by atoms with van der Waals surface area (Å²) in [4.78, 5) is 24.3. The fourth-order valence-electron chi connectivity index (χ4n) is 2.33. The molecule has 108 valence electrons. The molecule has 1 aliphatic heterocycles. The highest BCUT2D eigenvalue weighted by Gasteiger charge is 2.25. The van der Waals surface area contributed by atoms with Gasteiger partial charge in [-0.05, 0) is 31.4 Å². The summed E-state index contributed by atoms with van der Waals surface area (Å²) < 4.78 is 0. The van der Waals surface area contributed by atoms with Crippen LogP contribution in [0.2, 0.25) is 5.02 Å². The first-order valence-corrected chi connectivity index (χ1v) is 6.84. The van der Waals surface area contributed by atoms with Gasteiger partial charge in [-0.1, -0.05) is 11.6 Å². The summed E-state index contributed by atoms with van der Waals surface area (Å²) >= 11 is 5.98. The highest BCUT2D eigenvalue weighted by molar-refractivity contribution is 6.33. The van der Waals surface area contributed by atoms with Gasteiger partial charge < -0.3 is 10.6 Å². The predicted octanol–water partition coefficient (Wildman–Crippen LogP) is 2.06. The van der Waals surface area contributed by atoms with E-state index in [9.17, 15) is 14.9 Å². The van der Waals surface area contributed by atoms with E-state index in [-0.39, 0.29) is 22.2 Å².